The molecule has 0 saturated carbocycles. The largest absolute Gasteiger partial charge is 0.478 e. The summed E-state index contributed by atoms with van der Waals surface area (Å²) in [5.74, 6) is -1.01. The summed E-state index contributed by atoms with van der Waals surface area (Å²) in [6, 6.07) is 4.55. The molecule has 0 heterocycles. The van der Waals surface area contributed by atoms with Crippen LogP contribution in [-0.4, -0.2) is 17.0 Å². The Morgan fingerprint density at radius 2 is 1.94 bits per heavy atom. The predicted octanol–water partition coefficient (Wildman–Crippen LogP) is 2.43. The third-order valence-electron chi connectivity index (χ3n) is 2.14. The number of aromatic carboxylic acids is 1. The highest BCUT2D eigenvalue weighted by molar-refractivity contribution is 5.88. The standard InChI is InChI=1S/C12H14O4/c1-7(2)10-5-4-9(12(14)15)6-11(10)16-8(3)13/h4-7H,1-3H3,(H,14,15). The van der Waals surface area contributed by atoms with Crippen LogP contribution in [0, 0.1) is 0 Å². The predicted molar refractivity (Wildman–Crippen MR) is 58.8 cm³/mol. The van der Waals surface area contributed by atoms with Gasteiger partial charge >= 0.3 is 11.9 Å². The molecule has 1 N–H and O–H groups in total. The first-order valence-corrected chi connectivity index (χ1v) is 4.97. The Labute approximate surface area is 93.9 Å². The number of rotatable bonds is 3. The first-order chi connectivity index (χ1) is 7.41. The molecule has 1 aromatic rings. The molecule has 0 aliphatic rings. The number of ether oxygens (including phenoxy) is 1. The molecule has 0 aliphatic heterocycles. The molecule has 0 aliphatic carbocycles. The molecular formula is C12H14O4. The summed E-state index contributed by atoms with van der Waals surface area (Å²) in [4.78, 5) is 21.7. The Morgan fingerprint density at radius 3 is 2.38 bits per heavy atom. The van der Waals surface area contributed by atoms with E-state index in [-0.39, 0.29) is 11.5 Å². The van der Waals surface area contributed by atoms with Gasteiger partial charge in [-0.2, -0.15) is 0 Å². The van der Waals surface area contributed by atoms with Gasteiger partial charge in [-0.3, -0.25) is 4.79 Å². The normalized spacial score (nSPS) is 10.2. The fraction of sp³-hybridized carbons (Fsp3) is 0.333. The number of carbonyl (C=O) groups is 2. The second-order valence-corrected chi connectivity index (χ2v) is 3.81. The van der Waals surface area contributed by atoms with Crippen molar-refractivity contribution in [3.63, 3.8) is 0 Å². The SMILES string of the molecule is CC(=O)Oc1cc(C(=O)O)ccc1C(C)C. The van der Waals surface area contributed by atoms with E-state index in [2.05, 4.69) is 0 Å². The molecule has 4 nitrogen and oxygen atoms in total. The van der Waals surface area contributed by atoms with Crippen molar-refractivity contribution in [2.24, 2.45) is 0 Å². The van der Waals surface area contributed by atoms with Crippen molar-refractivity contribution in [3.8, 4) is 5.75 Å². The Kier molecular flexibility index (Phi) is 3.66. The van der Waals surface area contributed by atoms with E-state index in [1.54, 1.807) is 6.07 Å². The molecule has 1 aromatic carbocycles. The number of hydrogen-bond acceptors (Lipinski definition) is 3. The highest BCUT2D eigenvalue weighted by Crippen LogP contribution is 2.27. The van der Waals surface area contributed by atoms with Crippen LogP contribution in [0.3, 0.4) is 0 Å². The quantitative estimate of drug-likeness (QED) is 0.630. The van der Waals surface area contributed by atoms with E-state index >= 15 is 0 Å². The number of benzene rings is 1. The average Bonchev–Trinajstić information content (AvgIpc) is 2.15. The number of hydrogen-bond donors (Lipinski definition) is 1. The van der Waals surface area contributed by atoms with Crippen molar-refractivity contribution in [3.05, 3.63) is 29.3 Å². The zero-order valence-electron chi connectivity index (χ0n) is 9.48. The van der Waals surface area contributed by atoms with Crippen LogP contribution < -0.4 is 4.74 Å². The van der Waals surface area contributed by atoms with Gasteiger partial charge in [-0.1, -0.05) is 19.9 Å². The summed E-state index contributed by atoms with van der Waals surface area (Å²) in [5, 5.41) is 8.83. The van der Waals surface area contributed by atoms with Gasteiger partial charge < -0.3 is 9.84 Å². The number of esters is 1. The first-order valence-electron chi connectivity index (χ1n) is 4.97. The Balaban J connectivity index is 3.20. The molecular weight excluding hydrogens is 208 g/mol. The van der Waals surface area contributed by atoms with Gasteiger partial charge in [0.1, 0.15) is 5.75 Å². The van der Waals surface area contributed by atoms with E-state index in [9.17, 15) is 9.59 Å². The summed E-state index contributed by atoms with van der Waals surface area (Å²) in [6.45, 7) is 5.18. The molecule has 0 fully saturated rings. The molecule has 0 spiro atoms. The molecule has 0 saturated heterocycles. The van der Waals surface area contributed by atoms with Crippen molar-refractivity contribution < 1.29 is 19.4 Å². The fourth-order valence-corrected chi connectivity index (χ4v) is 1.39. The average molecular weight is 222 g/mol. The number of carboxylic acids is 1. The molecule has 4 heteroatoms. The molecule has 0 atom stereocenters. The maximum atomic E-state index is 10.9. The number of carbonyl (C=O) groups excluding carboxylic acids is 1. The van der Waals surface area contributed by atoms with Crippen molar-refractivity contribution in [1.29, 1.82) is 0 Å². The Morgan fingerprint density at radius 1 is 1.31 bits per heavy atom. The highest BCUT2D eigenvalue weighted by Gasteiger charge is 2.13. The van der Waals surface area contributed by atoms with E-state index in [1.807, 2.05) is 13.8 Å². The molecule has 86 valence electrons. The van der Waals surface area contributed by atoms with Crippen LogP contribution >= 0.6 is 0 Å². The van der Waals surface area contributed by atoms with Gasteiger partial charge in [-0.15, -0.1) is 0 Å². The van der Waals surface area contributed by atoms with Gasteiger partial charge in [0.2, 0.25) is 0 Å². The molecule has 0 unspecified atom stereocenters. The lowest BCUT2D eigenvalue weighted by Crippen LogP contribution is -2.06. The fourth-order valence-electron chi connectivity index (χ4n) is 1.39. The lowest BCUT2D eigenvalue weighted by atomic mass is 10.0. The minimum absolute atomic E-state index is 0.112. The Hall–Kier alpha value is -1.84. The molecule has 1 rings (SSSR count). The third-order valence-corrected chi connectivity index (χ3v) is 2.14. The van der Waals surface area contributed by atoms with Gasteiger partial charge in [0.05, 0.1) is 5.56 Å². The van der Waals surface area contributed by atoms with E-state index in [0.29, 0.717) is 5.75 Å². The molecule has 0 bridgehead atoms. The van der Waals surface area contributed by atoms with Gasteiger partial charge in [-0.05, 0) is 23.6 Å². The van der Waals surface area contributed by atoms with Gasteiger partial charge in [0, 0.05) is 6.92 Å². The molecule has 0 amide bonds. The Bertz CT molecular complexity index is 421. The zero-order chi connectivity index (χ0) is 12.3. The van der Waals surface area contributed by atoms with Crippen LogP contribution in [0.4, 0.5) is 0 Å². The van der Waals surface area contributed by atoms with Gasteiger partial charge in [0.15, 0.2) is 0 Å². The second kappa shape index (κ2) is 4.79. The van der Waals surface area contributed by atoms with Crippen LogP contribution in [0.5, 0.6) is 5.75 Å². The molecule has 16 heavy (non-hydrogen) atoms. The summed E-state index contributed by atoms with van der Waals surface area (Å²) in [6.07, 6.45) is 0. The minimum Gasteiger partial charge on any atom is -0.478 e. The van der Waals surface area contributed by atoms with E-state index in [1.165, 1.54) is 19.1 Å². The summed E-state index contributed by atoms with van der Waals surface area (Å²) < 4.78 is 5.00. The second-order valence-electron chi connectivity index (χ2n) is 3.81. The van der Waals surface area contributed by atoms with E-state index in [4.69, 9.17) is 9.84 Å². The van der Waals surface area contributed by atoms with E-state index < -0.39 is 11.9 Å². The van der Waals surface area contributed by atoms with Gasteiger partial charge in [0.25, 0.3) is 0 Å². The van der Waals surface area contributed by atoms with Crippen LogP contribution in [-0.2, 0) is 4.79 Å². The summed E-state index contributed by atoms with van der Waals surface area (Å²) >= 11 is 0. The maximum Gasteiger partial charge on any atom is 0.335 e. The van der Waals surface area contributed by atoms with Crippen molar-refractivity contribution in [2.75, 3.05) is 0 Å². The topological polar surface area (TPSA) is 63.6 Å². The molecule has 0 radical (unpaired) electrons. The first kappa shape index (κ1) is 12.2. The lowest BCUT2D eigenvalue weighted by molar-refractivity contribution is -0.131. The highest BCUT2D eigenvalue weighted by atomic mass is 16.5. The summed E-state index contributed by atoms with van der Waals surface area (Å²) in [5.41, 5.74) is 0.931. The van der Waals surface area contributed by atoms with Crippen LogP contribution in [0.2, 0.25) is 0 Å². The van der Waals surface area contributed by atoms with Crippen LogP contribution in [0.1, 0.15) is 42.6 Å². The summed E-state index contributed by atoms with van der Waals surface area (Å²) in [7, 11) is 0. The third kappa shape index (κ3) is 2.82. The van der Waals surface area contributed by atoms with Crippen LogP contribution in [0.25, 0.3) is 0 Å². The van der Waals surface area contributed by atoms with Crippen molar-refractivity contribution in [2.45, 2.75) is 26.7 Å². The maximum absolute atomic E-state index is 10.9. The smallest absolute Gasteiger partial charge is 0.335 e. The van der Waals surface area contributed by atoms with E-state index in [0.717, 1.165) is 5.56 Å². The monoisotopic (exact) mass is 222 g/mol. The zero-order valence-corrected chi connectivity index (χ0v) is 9.48. The minimum atomic E-state index is -1.04. The molecule has 0 aromatic heterocycles. The number of carboxylic acid groups (broad SMARTS) is 1. The lowest BCUT2D eigenvalue weighted by Gasteiger charge is -2.12. The van der Waals surface area contributed by atoms with Crippen molar-refractivity contribution in [1.82, 2.24) is 0 Å². The van der Waals surface area contributed by atoms with Crippen molar-refractivity contribution >= 4 is 11.9 Å². The van der Waals surface area contributed by atoms with Gasteiger partial charge in [-0.25, -0.2) is 4.79 Å². The van der Waals surface area contributed by atoms with Crippen LogP contribution in [0.15, 0.2) is 18.2 Å².